The number of carbonyl (C=O) groups is 1. The van der Waals surface area contributed by atoms with Gasteiger partial charge < -0.3 is 15.5 Å². The van der Waals surface area contributed by atoms with Crippen molar-refractivity contribution in [2.45, 2.75) is 19.3 Å². The molecule has 0 unspecified atom stereocenters. The van der Waals surface area contributed by atoms with Crippen LogP contribution in [0, 0.1) is 0 Å². The number of carbonyl (C=O) groups excluding carboxylic acids is 1. The average Bonchev–Trinajstić information content (AvgIpc) is 3.18. The molecule has 30 heavy (non-hydrogen) atoms. The minimum Gasteiger partial charge on any atom is -0.364 e. The third-order valence-electron chi connectivity index (χ3n) is 3.91. The predicted molar refractivity (Wildman–Crippen MR) is 108 cm³/mol. The van der Waals surface area contributed by atoms with Gasteiger partial charge in [-0.1, -0.05) is 18.2 Å². The van der Waals surface area contributed by atoms with Crippen LogP contribution in [0.15, 0.2) is 41.8 Å². The molecule has 0 saturated carbocycles. The summed E-state index contributed by atoms with van der Waals surface area (Å²) in [6.07, 6.45) is -4.65. The lowest BCUT2D eigenvalue weighted by molar-refractivity contribution is -0.144. The Hall–Kier alpha value is -3.21. The van der Waals surface area contributed by atoms with E-state index in [1.54, 1.807) is 43.7 Å². The first kappa shape index (κ1) is 21.5. The van der Waals surface area contributed by atoms with Gasteiger partial charge in [-0.05, 0) is 12.1 Å². The highest BCUT2D eigenvalue weighted by molar-refractivity contribution is 7.09. The van der Waals surface area contributed by atoms with E-state index in [9.17, 15) is 18.0 Å². The van der Waals surface area contributed by atoms with E-state index in [2.05, 4.69) is 25.6 Å². The minimum atomic E-state index is -4.65. The summed E-state index contributed by atoms with van der Waals surface area (Å²) in [4.78, 5) is 25.0. The number of thiazole rings is 1. The van der Waals surface area contributed by atoms with E-state index in [1.165, 1.54) is 22.3 Å². The molecule has 1 amide bonds. The van der Waals surface area contributed by atoms with Gasteiger partial charge in [0.2, 0.25) is 5.82 Å². The summed E-state index contributed by atoms with van der Waals surface area (Å²) < 4.78 is 39.1. The van der Waals surface area contributed by atoms with Crippen LogP contribution in [0.1, 0.15) is 26.9 Å². The largest absolute Gasteiger partial charge is 0.451 e. The van der Waals surface area contributed by atoms with Crippen LogP contribution in [0.4, 0.5) is 24.8 Å². The van der Waals surface area contributed by atoms with Crippen molar-refractivity contribution in [2.24, 2.45) is 0 Å². The van der Waals surface area contributed by atoms with Crippen LogP contribution < -0.4 is 15.5 Å². The number of nitrogens with one attached hydrogen (secondary N) is 2. The van der Waals surface area contributed by atoms with Crippen molar-refractivity contribution in [1.82, 2.24) is 20.3 Å². The highest BCUT2D eigenvalue weighted by Gasteiger charge is 2.35. The standard InChI is InChI=1S/C19H19F3N6OS/c1-28(2)15-8-14(26-18(27-15)19(20,21)22)23-9-13-11-30-16(25-13)10-24-17(29)12-6-4-3-5-7-12/h3-8,11H,9-10H2,1-2H3,(H,24,29)(H,23,26,27). The minimum absolute atomic E-state index is 0.0490. The van der Waals surface area contributed by atoms with Gasteiger partial charge in [-0.15, -0.1) is 11.3 Å². The maximum atomic E-state index is 13.0. The molecular weight excluding hydrogens is 417 g/mol. The molecule has 0 spiro atoms. The zero-order valence-electron chi connectivity index (χ0n) is 16.2. The normalized spacial score (nSPS) is 11.2. The zero-order valence-corrected chi connectivity index (χ0v) is 17.0. The number of halogens is 3. The summed E-state index contributed by atoms with van der Waals surface area (Å²) in [5.74, 6) is -1.23. The number of anilines is 2. The molecule has 0 aliphatic heterocycles. The van der Waals surface area contributed by atoms with Crippen LogP contribution in [0.25, 0.3) is 0 Å². The average molecular weight is 436 g/mol. The van der Waals surface area contributed by atoms with E-state index in [0.29, 0.717) is 16.3 Å². The topological polar surface area (TPSA) is 83.0 Å². The van der Waals surface area contributed by atoms with Crippen molar-refractivity contribution >= 4 is 28.9 Å². The van der Waals surface area contributed by atoms with Gasteiger partial charge in [0.05, 0.1) is 18.8 Å². The number of benzene rings is 1. The Labute approximate surface area is 175 Å². The lowest BCUT2D eigenvalue weighted by Gasteiger charge is -2.15. The molecule has 0 saturated heterocycles. The van der Waals surface area contributed by atoms with Gasteiger partial charge in [-0.25, -0.2) is 15.0 Å². The second-order valence-corrected chi connectivity index (χ2v) is 7.40. The van der Waals surface area contributed by atoms with E-state index < -0.39 is 12.0 Å². The highest BCUT2D eigenvalue weighted by Crippen LogP contribution is 2.29. The fraction of sp³-hybridized carbons (Fsp3) is 0.263. The number of aromatic nitrogens is 3. The van der Waals surface area contributed by atoms with Gasteiger partial charge in [0.25, 0.3) is 5.91 Å². The van der Waals surface area contributed by atoms with Crippen molar-refractivity contribution in [3.8, 4) is 0 Å². The third kappa shape index (κ3) is 5.66. The summed E-state index contributed by atoms with van der Waals surface area (Å²) in [6, 6.07) is 10.2. The number of rotatable bonds is 7. The molecule has 1 aromatic carbocycles. The lowest BCUT2D eigenvalue weighted by Crippen LogP contribution is -2.22. The lowest BCUT2D eigenvalue weighted by atomic mass is 10.2. The van der Waals surface area contributed by atoms with E-state index in [4.69, 9.17) is 0 Å². The maximum Gasteiger partial charge on any atom is 0.451 e. The van der Waals surface area contributed by atoms with E-state index in [1.807, 2.05) is 6.07 Å². The fourth-order valence-corrected chi connectivity index (χ4v) is 3.15. The SMILES string of the molecule is CN(C)c1cc(NCc2csc(CNC(=O)c3ccccc3)n2)nc(C(F)(F)F)n1. The fourth-order valence-electron chi connectivity index (χ4n) is 2.42. The molecule has 0 atom stereocenters. The van der Waals surface area contributed by atoms with Crippen LogP contribution >= 0.6 is 11.3 Å². The molecule has 2 aromatic heterocycles. The molecule has 2 N–H and O–H groups in total. The molecule has 0 bridgehead atoms. The first-order chi connectivity index (χ1) is 14.2. The number of hydrogen-bond acceptors (Lipinski definition) is 7. The Kier molecular flexibility index (Phi) is 6.50. The van der Waals surface area contributed by atoms with Crippen LogP contribution in [0.2, 0.25) is 0 Å². The number of amides is 1. The van der Waals surface area contributed by atoms with Crippen LogP contribution in [-0.2, 0) is 19.3 Å². The van der Waals surface area contributed by atoms with Crippen molar-refractivity contribution in [3.05, 3.63) is 63.9 Å². The molecule has 158 valence electrons. The van der Waals surface area contributed by atoms with Gasteiger partial charge in [0.1, 0.15) is 16.6 Å². The van der Waals surface area contributed by atoms with Gasteiger partial charge >= 0.3 is 6.18 Å². The first-order valence-electron chi connectivity index (χ1n) is 8.86. The summed E-state index contributed by atoms with van der Waals surface area (Å²) >= 11 is 1.35. The van der Waals surface area contributed by atoms with Crippen LogP contribution in [0.3, 0.4) is 0 Å². The molecule has 7 nitrogen and oxygen atoms in total. The van der Waals surface area contributed by atoms with Crippen molar-refractivity contribution in [1.29, 1.82) is 0 Å². The van der Waals surface area contributed by atoms with Gasteiger partial charge in [0, 0.05) is 31.1 Å². The van der Waals surface area contributed by atoms with Crippen molar-refractivity contribution < 1.29 is 18.0 Å². The Bertz CT molecular complexity index is 1010. The highest BCUT2D eigenvalue weighted by atomic mass is 32.1. The first-order valence-corrected chi connectivity index (χ1v) is 9.74. The number of hydrogen-bond donors (Lipinski definition) is 2. The monoisotopic (exact) mass is 436 g/mol. The van der Waals surface area contributed by atoms with Gasteiger partial charge in [-0.2, -0.15) is 13.2 Å². The summed E-state index contributed by atoms with van der Waals surface area (Å²) in [6.45, 7) is 0.444. The number of alkyl halides is 3. The van der Waals surface area contributed by atoms with Crippen molar-refractivity contribution in [2.75, 3.05) is 24.3 Å². The Morgan fingerprint density at radius 3 is 2.50 bits per heavy atom. The molecule has 3 rings (SSSR count). The molecule has 2 heterocycles. The smallest absolute Gasteiger partial charge is 0.364 e. The molecule has 0 aliphatic carbocycles. The quantitative estimate of drug-likeness (QED) is 0.589. The molecular formula is C19H19F3N6OS. The molecule has 0 radical (unpaired) electrons. The molecule has 0 aliphatic rings. The second kappa shape index (κ2) is 9.08. The van der Waals surface area contributed by atoms with Gasteiger partial charge in [-0.3, -0.25) is 4.79 Å². The van der Waals surface area contributed by atoms with Gasteiger partial charge in [0.15, 0.2) is 0 Å². The molecule has 3 aromatic rings. The maximum absolute atomic E-state index is 13.0. The van der Waals surface area contributed by atoms with E-state index in [-0.39, 0.29) is 30.6 Å². The van der Waals surface area contributed by atoms with E-state index >= 15 is 0 Å². The zero-order chi connectivity index (χ0) is 21.7. The van der Waals surface area contributed by atoms with Crippen molar-refractivity contribution in [3.63, 3.8) is 0 Å². The van der Waals surface area contributed by atoms with E-state index in [0.717, 1.165) is 0 Å². The summed E-state index contributed by atoms with van der Waals surface area (Å²) in [7, 11) is 3.20. The summed E-state index contributed by atoms with van der Waals surface area (Å²) in [5.41, 5.74) is 1.18. The molecule has 0 fully saturated rings. The third-order valence-corrected chi connectivity index (χ3v) is 4.81. The Balaban J connectivity index is 1.61. The van der Waals surface area contributed by atoms with Crippen LogP contribution in [0.5, 0.6) is 0 Å². The summed E-state index contributed by atoms with van der Waals surface area (Å²) in [5, 5.41) is 8.09. The predicted octanol–water partition coefficient (Wildman–Crippen LogP) is 3.56. The van der Waals surface area contributed by atoms with Crippen LogP contribution in [-0.4, -0.2) is 35.0 Å². The Morgan fingerprint density at radius 2 is 1.83 bits per heavy atom. The Morgan fingerprint density at radius 1 is 1.10 bits per heavy atom. The second-order valence-electron chi connectivity index (χ2n) is 6.46. The molecule has 11 heteroatoms. The number of nitrogens with zero attached hydrogens (tertiary/aromatic N) is 4.